The summed E-state index contributed by atoms with van der Waals surface area (Å²) in [5, 5.41) is 0.706. The molecule has 0 bridgehead atoms. The van der Waals surface area contributed by atoms with Crippen molar-refractivity contribution in [3.8, 4) is 0 Å². The zero-order valence-electron chi connectivity index (χ0n) is 8.58. The molecule has 0 spiro atoms. The van der Waals surface area contributed by atoms with Crippen molar-refractivity contribution in [1.82, 2.24) is 0 Å². The van der Waals surface area contributed by atoms with Crippen LogP contribution in [-0.4, -0.2) is 5.78 Å². The molecule has 0 fully saturated rings. The Morgan fingerprint density at radius 2 is 1.82 bits per heavy atom. The van der Waals surface area contributed by atoms with Crippen molar-refractivity contribution < 1.29 is 9.18 Å². The molecule has 17 heavy (non-hydrogen) atoms. The summed E-state index contributed by atoms with van der Waals surface area (Å²) in [6.45, 7) is 0. The zero-order valence-corrected chi connectivity index (χ0v) is 10.1. The van der Waals surface area contributed by atoms with E-state index in [4.69, 9.17) is 23.2 Å². The molecule has 0 unspecified atom stereocenters. The lowest BCUT2D eigenvalue weighted by atomic mass is 10.0. The number of hydrogen-bond donors (Lipinski definition) is 0. The van der Waals surface area contributed by atoms with Crippen LogP contribution in [0.5, 0.6) is 0 Å². The maximum absolute atomic E-state index is 13.0. The molecule has 0 N–H and O–H groups in total. The Kier molecular flexibility index (Phi) is 3.46. The van der Waals surface area contributed by atoms with Crippen LogP contribution in [0.1, 0.15) is 15.9 Å². The molecule has 0 atom stereocenters. The van der Waals surface area contributed by atoms with Crippen molar-refractivity contribution in [2.75, 3.05) is 0 Å². The molecular formula is C13H7Cl2FO. The highest BCUT2D eigenvalue weighted by atomic mass is 35.5. The van der Waals surface area contributed by atoms with Crippen molar-refractivity contribution >= 4 is 29.0 Å². The summed E-state index contributed by atoms with van der Waals surface area (Å²) >= 11 is 11.7. The Balaban J connectivity index is 2.44. The van der Waals surface area contributed by atoms with Crippen molar-refractivity contribution in [2.45, 2.75) is 0 Å². The molecule has 0 saturated heterocycles. The van der Waals surface area contributed by atoms with Crippen molar-refractivity contribution in [3.63, 3.8) is 0 Å². The van der Waals surface area contributed by atoms with Crippen LogP contribution in [-0.2, 0) is 0 Å². The summed E-state index contributed by atoms with van der Waals surface area (Å²) in [6.07, 6.45) is 0. The van der Waals surface area contributed by atoms with Gasteiger partial charge in [0.25, 0.3) is 0 Å². The first-order valence-electron chi connectivity index (χ1n) is 4.83. The highest BCUT2D eigenvalue weighted by Crippen LogP contribution is 2.23. The van der Waals surface area contributed by atoms with Gasteiger partial charge in [-0.1, -0.05) is 35.3 Å². The van der Waals surface area contributed by atoms with Gasteiger partial charge in [-0.25, -0.2) is 4.39 Å². The Labute approximate surface area is 108 Å². The van der Waals surface area contributed by atoms with E-state index in [1.807, 2.05) is 0 Å². The molecule has 0 heterocycles. The Bertz CT molecular complexity index is 581. The Morgan fingerprint density at radius 3 is 2.47 bits per heavy atom. The largest absolute Gasteiger partial charge is 0.289 e. The fourth-order valence-electron chi connectivity index (χ4n) is 1.46. The van der Waals surface area contributed by atoms with Crippen molar-refractivity contribution in [3.05, 3.63) is 69.5 Å². The SMILES string of the molecule is O=C(c1cccc(F)c1)c1ccc(Cl)cc1Cl. The third-order valence-electron chi connectivity index (χ3n) is 2.26. The fourth-order valence-corrected chi connectivity index (χ4v) is 1.95. The van der Waals surface area contributed by atoms with Gasteiger partial charge in [0.1, 0.15) is 5.82 Å². The molecule has 86 valence electrons. The van der Waals surface area contributed by atoms with E-state index in [0.717, 1.165) is 0 Å². The van der Waals surface area contributed by atoms with Gasteiger partial charge in [0.05, 0.1) is 5.02 Å². The molecule has 0 aromatic heterocycles. The molecular weight excluding hydrogens is 262 g/mol. The third kappa shape index (κ3) is 2.65. The monoisotopic (exact) mass is 268 g/mol. The van der Waals surface area contributed by atoms with E-state index >= 15 is 0 Å². The summed E-state index contributed by atoms with van der Waals surface area (Å²) < 4.78 is 13.0. The van der Waals surface area contributed by atoms with Gasteiger partial charge in [-0.3, -0.25) is 4.79 Å². The minimum atomic E-state index is -0.457. The molecule has 2 aromatic rings. The van der Waals surface area contributed by atoms with Crippen LogP contribution in [0, 0.1) is 5.82 Å². The standard InChI is InChI=1S/C13H7Cl2FO/c14-9-4-5-11(12(15)7-9)13(17)8-2-1-3-10(16)6-8/h1-7H. The quantitative estimate of drug-likeness (QED) is 0.740. The second-order valence-electron chi connectivity index (χ2n) is 3.46. The molecule has 2 aromatic carbocycles. The van der Waals surface area contributed by atoms with Crippen LogP contribution in [0.4, 0.5) is 4.39 Å². The molecule has 0 aliphatic heterocycles. The Hall–Kier alpha value is -1.38. The minimum Gasteiger partial charge on any atom is -0.289 e. The van der Waals surface area contributed by atoms with E-state index in [1.165, 1.54) is 36.4 Å². The number of carbonyl (C=O) groups is 1. The van der Waals surface area contributed by atoms with E-state index in [2.05, 4.69) is 0 Å². The lowest BCUT2D eigenvalue weighted by Crippen LogP contribution is -2.02. The first-order valence-corrected chi connectivity index (χ1v) is 5.59. The van der Waals surface area contributed by atoms with Crippen LogP contribution >= 0.6 is 23.2 Å². The highest BCUT2D eigenvalue weighted by Gasteiger charge is 2.13. The average molecular weight is 269 g/mol. The van der Waals surface area contributed by atoms with Crippen LogP contribution in [0.25, 0.3) is 0 Å². The normalized spacial score (nSPS) is 10.3. The third-order valence-corrected chi connectivity index (χ3v) is 2.81. The van der Waals surface area contributed by atoms with Crippen LogP contribution in [0.3, 0.4) is 0 Å². The smallest absolute Gasteiger partial charge is 0.194 e. The lowest BCUT2D eigenvalue weighted by molar-refractivity contribution is 0.103. The van der Waals surface area contributed by atoms with Crippen molar-refractivity contribution in [2.24, 2.45) is 0 Å². The zero-order chi connectivity index (χ0) is 12.4. The summed E-state index contributed by atoms with van der Waals surface area (Å²) in [6, 6.07) is 10.0. The number of ketones is 1. The molecule has 2 rings (SSSR count). The van der Waals surface area contributed by atoms with E-state index in [1.54, 1.807) is 6.07 Å². The summed E-state index contributed by atoms with van der Waals surface area (Å²) in [4.78, 5) is 12.0. The minimum absolute atomic E-state index is 0.256. The maximum Gasteiger partial charge on any atom is 0.194 e. The molecule has 0 amide bonds. The highest BCUT2D eigenvalue weighted by molar-refractivity contribution is 6.37. The van der Waals surface area contributed by atoms with Gasteiger partial charge >= 0.3 is 0 Å². The van der Waals surface area contributed by atoms with Gasteiger partial charge in [-0.05, 0) is 30.3 Å². The van der Waals surface area contributed by atoms with Gasteiger partial charge < -0.3 is 0 Å². The topological polar surface area (TPSA) is 17.1 Å². The predicted octanol–water partition coefficient (Wildman–Crippen LogP) is 4.36. The van der Waals surface area contributed by atoms with Crippen LogP contribution < -0.4 is 0 Å². The number of carbonyl (C=O) groups excluding carboxylic acids is 1. The van der Waals surface area contributed by atoms with E-state index in [9.17, 15) is 9.18 Å². The van der Waals surface area contributed by atoms with Crippen LogP contribution in [0.15, 0.2) is 42.5 Å². The summed E-state index contributed by atoms with van der Waals surface area (Å²) in [5.41, 5.74) is 0.566. The molecule has 0 saturated carbocycles. The van der Waals surface area contributed by atoms with E-state index < -0.39 is 5.82 Å². The molecule has 0 aliphatic rings. The molecule has 0 aliphatic carbocycles. The molecule has 1 nitrogen and oxygen atoms in total. The van der Waals surface area contributed by atoms with Gasteiger partial charge in [0.2, 0.25) is 0 Å². The Morgan fingerprint density at radius 1 is 1.06 bits per heavy atom. The first-order chi connectivity index (χ1) is 8.08. The summed E-state index contributed by atoms with van der Waals surface area (Å²) in [7, 11) is 0. The van der Waals surface area contributed by atoms with Crippen molar-refractivity contribution in [1.29, 1.82) is 0 Å². The second kappa shape index (κ2) is 4.86. The van der Waals surface area contributed by atoms with Crippen LogP contribution in [0.2, 0.25) is 10.0 Å². The number of hydrogen-bond acceptors (Lipinski definition) is 1. The lowest BCUT2D eigenvalue weighted by Gasteiger charge is -2.04. The summed E-state index contributed by atoms with van der Waals surface area (Å²) in [5.74, 6) is -0.785. The number of rotatable bonds is 2. The maximum atomic E-state index is 13.0. The van der Waals surface area contributed by atoms with Gasteiger partial charge in [0.15, 0.2) is 5.78 Å². The van der Waals surface area contributed by atoms with Gasteiger partial charge in [-0.2, -0.15) is 0 Å². The second-order valence-corrected chi connectivity index (χ2v) is 4.31. The number of benzene rings is 2. The molecule has 4 heteroatoms. The van der Waals surface area contributed by atoms with E-state index in [0.29, 0.717) is 10.6 Å². The average Bonchev–Trinajstić information content (AvgIpc) is 2.28. The van der Waals surface area contributed by atoms with Gasteiger partial charge in [0, 0.05) is 16.1 Å². The van der Waals surface area contributed by atoms with E-state index in [-0.39, 0.29) is 16.4 Å². The fraction of sp³-hybridized carbons (Fsp3) is 0. The van der Waals surface area contributed by atoms with Gasteiger partial charge in [-0.15, -0.1) is 0 Å². The predicted molar refractivity (Wildman–Crippen MR) is 66.3 cm³/mol. The first kappa shape index (κ1) is 12.1. The molecule has 0 radical (unpaired) electrons. The number of halogens is 3.